The number of aromatic nitrogens is 3. The van der Waals surface area contributed by atoms with Crippen molar-refractivity contribution in [3.05, 3.63) is 12.4 Å². The molecule has 2 heterocycles. The topological polar surface area (TPSA) is 68.1 Å². The monoisotopic (exact) mass is 258 g/mol. The predicted molar refractivity (Wildman–Crippen MR) is 63.9 cm³/mol. The maximum Gasteiger partial charge on any atom is 0.214 e. The summed E-state index contributed by atoms with van der Waals surface area (Å²) in [5.74, 6) is 0.248. The van der Waals surface area contributed by atoms with Crippen molar-refractivity contribution in [3.63, 3.8) is 0 Å². The van der Waals surface area contributed by atoms with Crippen molar-refractivity contribution < 1.29 is 8.42 Å². The highest BCUT2D eigenvalue weighted by Gasteiger charge is 2.28. The van der Waals surface area contributed by atoms with Crippen molar-refractivity contribution in [2.75, 3.05) is 18.8 Å². The summed E-state index contributed by atoms with van der Waals surface area (Å²) in [6.07, 6.45) is 5.55. The van der Waals surface area contributed by atoms with E-state index in [4.69, 9.17) is 0 Å². The molecule has 1 saturated heterocycles. The zero-order valence-electron chi connectivity index (χ0n) is 9.99. The number of piperidine rings is 1. The van der Waals surface area contributed by atoms with Crippen molar-refractivity contribution in [1.82, 2.24) is 19.3 Å². The molecule has 0 bridgehead atoms. The van der Waals surface area contributed by atoms with E-state index in [-0.39, 0.29) is 11.8 Å². The van der Waals surface area contributed by atoms with E-state index in [1.54, 1.807) is 21.5 Å². The van der Waals surface area contributed by atoms with Gasteiger partial charge in [0.05, 0.1) is 24.2 Å². The average molecular weight is 258 g/mol. The molecule has 0 radical (unpaired) electrons. The molecule has 1 aromatic heterocycles. The molecule has 0 amide bonds. The Bertz CT molecular complexity index is 435. The average Bonchev–Trinajstić information content (AvgIpc) is 2.82. The molecule has 1 aliphatic rings. The summed E-state index contributed by atoms with van der Waals surface area (Å²) in [7, 11) is -3.04. The van der Waals surface area contributed by atoms with Crippen LogP contribution in [0.4, 0.5) is 0 Å². The molecule has 0 saturated carbocycles. The van der Waals surface area contributed by atoms with Crippen LogP contribution < -0.4 is 0 Å². The first-order valence-corrected chi connectivity index (χ1v) is 7.58. The zero-order chi connectivity index (χ0) is 12.3. The van der Waals surface area contributed by atoms with Gasteiger partial charge in [-0.1, -0.05) is 6.92 Å². The quantitative estimate of drug-likeness (QED) is 0.795. The third-order valence-electron chi connectivity index (χ3n) is 3.04. The Kier molecular flexibility index (Phi) is 3.78. The fraction of sp³-hybridized carbons (Fsp3) is 0.800. The molecule has 0 atom stereocenters. The fourth-order valence-electron chi connectivity index (χ4n) is 2.15. The molecule has 0 unspecified atom stereocenters. The van der Waals surface area contributed by atoms with Crippen LogP contribution in [0.1, 0.15) is 32.2 Å². The van der Waals surface area contributed by atoms with Gasteiger partial charge in [-0.25, -0.2) is 12.7 Å². The first-order valence-electron chi connectivity index (χ1n) is 5.97. The maximum absolute atomic E-state index is 11.9. The first kappa shape index (κ1) is 12.5. The van der Waals surface area contributed by atoms with E-state index >= 15 is 0 Å². The van der Waals surface area contributed by atoms with Gasteiger partial charge in [0, 0.05) is 13.1 Å². The molecule has 0 N–H and O–H groups in total. The molecule has 1 fully saturated rings. The number of rotatable bonds is 4. The van der Waals surface area contributed by atoms with Crippen LogP contribution in [0.15, 0.2) is 12.4 Å². The zero-order valence-corrected chi connectivity index (χ0v) is 10.8. The summed E-state index contributed by atoms with van der Waals surface area (Å²) in [6, 6.07) is 0.234. The third-order valence-corrected chi connectivity index (χ3v) is 5.12. The van der Waals surface area contributed by atoms with Gasteiger partial charge in [-0.3, -0.25) is 0 Å². The van der Waals surface area contributed by atoms with Crippen LogP contribution in [0.5, 0.6) is 0 Å². The van der Waals surface area contributed by atoms with Crippen LogP contribution in [-0.4, -0.2) is 46.6 Å². The van der Waals surface area contributed by atoms with Crippen molar-refractivity contribution in [1.29, 1.82) is 0 Å². The Balaban J connectivity index is 1.94. The lowest BCUT2D eigenvalue weighted by Crippen LogP contribution is -2.40. The largest absolute Gasteiger partial charge is 0.214 e. The predicted octanol–water partition coefficient (Wildman–Crippen LogP) is 0.655. The Morgan fingerprint density at radius 2 is 1.82 bits per heavy atom. The van der Waals surface area contributed by atoms with Gasteiger partial charge >= 0.3 is 0 Å². The van der Waals surface area contributed by atoms with Gasteiger partial charge in [0.15, 0.2) is 0 Å². The first-order chi connectivity index (χ1) is 8.13. The van der Waals surface area contributed by atoms with Gasteiger partial charge in [-0.05, 0) is 19.3 Å². The number of sulfonamides is 1. The van der Waals surface area contributed by atoms with Gasteiger partial charge in [-0.2, -0.15) is 15.0 Å². The van der Waals surface area contributed by atoms with E-state index in [1.807, 2.05) is 6.92 Å². The van der Waals surface area contributed by atoms with E-state index in [1.165, 1.54) is 0 Å². The normalized spacial score (nSPS) is 19.6. The molecule has 0 aromatic carbocycles. The number of hydrogen-bond acceptors (Lipinski definition) is 4. The molecule has 17 heavy (non-hydrogen) atoms. The van der Waals surface area contributed by atoms with Crippen LogP contribution in [0.3, 0.4) is 0 Å². The Morgan fingerprint density at radius 1 is 1.24 bits per heavy atom. The highest BCUT2D eigenvalue weighted by Crippen LogP contribution is 2.22. The minimum atomic E-state index is -3.04. The lowest BCUT2D eigenvalue weighted by molar-refractivity contribution is 0.245. The molecule has 2 rings (SSSR count). The maximum atomic E-state index is 11.9. The molecule has 7 heteroatoms. The Morgan fingerprint density at radius 3 is 2.35 bits per heavy atom. The van der Waals surface area contributed by atoms with Gasteiger partial charge in [0.2, 0.25) is 10.0 Å². The van der Waals surface area contributed by atoms with E-state index < -0.39 is 10.0 Å². The van der Waals surface area contributed by atoms with E-state index in [2.05, 4.69) is 10.2 Å². The fourth-order valence-corrected chi connectivity index (χ4v) is 3.69. The van der Waals surface area contributed by atoms with Crippen molar-refractivity contribution >= 4 is 10.0 Å². The molecule has 0 aliphatic carbocycles. The molecule has 96 valence electrons. The second-order valence-electron chi connectivity index (χ2n) is 4.30. The van der Waals surface area contributed by atoms with Crippen LogP contribution in [0, 0.1) is 0 Å². The molecular formula is C10H18N4O2S. The molecule has 6 nitrogen and oxygen atoms in total. The SMILES string of the molecule is CCCS(=O)(=O)N1CCC(n2nccn2)CC1. The van der Waals surface area contributed by atoms with E-state index in [0.29, 0.717) is 19.5 Å². The summed E-state index contributed by atoms with van der Waals surface area (Å²) in [5, 5.41) is 8.20. The summed E-state index contributed by atoms with van der Waals surface area (Å²) < 4.78 is 25.3. The smallest absolute Gasteiger partial charge is 0.212 e. The second-order valence-corrected chi connectivity index (χ2v) is 6.38. The minimum Gasteiger partial charge on any atom is -0.212 e. The summed E-state index contributed by atoms with van der Waals surface area (Å²) in [4.78, 5) is 1.68. The van der Waals surface area contributed by atoms with Gasteiger partial charge < -0.3 is 0 Å². The molecular weight excluding hydrogens is 240 g/mol. The summed E-state index contributed by atoms with van der Waals surface area (Å²) in [5.41, 5.74) is 0. The van der Waals surface area contributed by atoms with Gasteiger partial charge in [-0.15, -0.1) is 0 Å². The number of nitrogens with zero attached hydrogens (tertiary/aromatic N) is 4. The van der Waals surface area contributed by atoms with Gasteiger partial charge in [0.25, 0.3) is 0 Å². The van der Waals surface area contributed by atoms with Crippen molar-refractivity contribution in [2.24, 2.45) is 0 Å². The Hall–Kier alpha value is -0.950. The highest BCUT2D eigenvalue weighted by atomic mass is 32.2. The molecule has 1 aliphatic heterocycles. The van der Waals surface area contributed by atoms with Crippen LogP contribution in [0.2, 0.25) is 0 Å². The summed E-state index contributed by atoms with van der Waals surface area (Å²) in [6.45, 7) is 3.04. The van der Waals surface area contributed by atoms with Crippen LogP contribution in [0.25, 0.3) is 0 Å². The standard InChI is InChI=1S/C10H18N4O2S/c1-2-9-17(15,16)13-7-3-10(4-8-13)14-11-5-6-12-14/h5-6,10H,2-4,7-9H2,1H3. The molecule has 1 aromatic rings. The number of hydrogen-bond donors (Lipinski definition) is 0. The molecule has 0 spiro atoms. The lowest BCUT2D eigenvalue weighted by atomic mass is 10.1. The Labute approximate surface area is 102 Å². The van der Waals surface area contributed by atoms with Crippen molar-refractivity contribution in [3.8, 4) is 0 Å². The highest BCUT2D eigenvalue weighted by molar-refractivity contribution is 7.89. The van der Waals surface area contributed by atoms with Crippen molar-refractivity contribution in [2.45, 2.75) is 32.2 Å². The van der Waals surface area contributed by atoms with Crippen LogP contribution >= 0.6 is 0 Å². The third kappa shape index (κ3) is 2.84. The second kappa shape index (κ2) is 5.14. The lowest BCUT2D eigenvalue weighted by Gasteiger charge is -2.30. The van der Waals surface area contributed by atoms with E-state index in [0.717, 1.165) is 12.8 Å². The van der Waals surface area contributed by atoms with Gasteiger partial charge in [0.1, 0.15) is 0 Å². The minimum absolute atomic E-state index is 0.234. The van der Waals surface area contributed by atoms with E-state index in [9.17, 15) is 8.42 Å². The van der Waals surface area contributed by atoms with Crippen LogP contribution in [-0.2, 0) is 10.0 Å². The summed E-state index contributed by atoms with van der Waals surface area (Å²) >= 11 is 0.